The lowest BCUT2D eigenvalue weighted by Crippen LogP contribution is -2.14. The summed E-state index contributed by atoms with van der Waals surface area (Å²) in [6.07, 6.45) is 1.70. The summed E-state index contributed by atoms with van der Waals surface area (Å²) in [6.45, 7) is 3.46. The second kappa shape index (κ2) is 5.64. The van der Waals surface area contributed by atoms with E-state index in [0.717, 1.165) is 23.7 Å². The highest BCUT2D eigenvalue weighted by Crippen LogP contribution is 2.19. The molecule has 0 atom stereocenters. The lowest BCUT2D eigenvalue weighted by Gasteiger charge is -2.09. The second-order valence-electron chi connectivity index (χ2n) is 4.25. The van der Waals surface area contributed by atoms with Crippen LogP contribution in [0.4, 0.5) is 0 Å². The molecule has 0 radical (unpaired) electrons. The van der Waals surface area contributed by atoms with E-state index in [9.17, 15) is 0 Å². The first kappa shape index (κ1) is 12.6. The Morgan fingerprint density at radius 1 is 1.33 bits per heavy atom. The molecular formula is C13H18N4O. The van der Waals surface area contributed by atoms with Gasteiger partial charge in [0.1, 0.15) is 12.1 Å². The molecule has 1 heterocycles. The number of rotatable bonds is 5. The van der Waals surface area contributed by atoms with E-state index in [2.05, 4.69) is 28.4 Å². The van der Waals surface area contributed by atoms with Crippen molar-refractivity contribution in [2.75, 3.05) is 7.11 Å². The van der Waals surface area contributed by atoms with Crippen LogP contribution in [0.5, 0.6) is 5.75 Å². The Hall–Kier alpha value is -1.88. The monoisotopic (exact) mass is 246 g/mol. The number of hydrogen-bond donors (Lipinski definition) is 1. The predicted molar refractivity (Wildman–Crippen MR) is 69.3 cm³/mol. The van der Waals surface area contributed by atoms with Crippen LogP contribution in [0.1, 0.15) is 17.0 Å². The highest BCUT2D eigenvalue weighted by atomic mass is 16.5. The smallest absolute Gasteiger partial charge is 0.164 e. The second-order valence-corrected chi connectivity index (χ2v) is 4.25. The average Bonchev–Trinajstić information content (AvgIpc) is 2.75. The fraction of sp³-hybridized carbons (Fsp3) is 0.385. The maximum absolute atomic E-state index is 5.33. The molecule has 1 aromatic heterocycles. The molecule has 2 rings (SSSR count). The van der Waals surface area contributed by atoms with E-state index in [0.29, 0.717) is 6.54 Å². The lowest BCUT2D eigenvalue weighted by atomic mass is 10.1. The van der Waals surface area contributed by atoms with Gasteiger partial charge in [0, 0.05) is 19.2 Å². The van der Waals surface area contributed by atoms with E-state index in [1.165, 1.54) is 5.56 Å². The summed E-state index contributed by atoms with van der Waals surface area (Å²) in [6, 6.07) is 6.16. The molecule has 0 saturated carbocycles. The van der Waals surface area contributed by atoms with Gasteiger partial charge in [-0.25, -0.2) is 4.98 Å². The minimum atomic E-state index is 0.651. The Labute approximate surface area is 107 Å². The van der Waals surface area contributed by atoms with Crippen LogP contribution in [0.25, 0.3) is 0 Å². The Balaban J connectivity index is 1.95. The Kier molecular flexibility index (Phi) is 3.94. The summed E-state index contributed by atoms with van der Waals surface area (Å²) in [5.41, 5.74) is 2.37. The number of nitrogens with one attached hydrogen (secondary N) is 1. The van der Waals surface area contributed by atoms with Crippen LogP contribution >= 0.6 is 0 Å². The number of nitrogens with zero attached hydrogens (tertiary/aromatic N) is 3. The number of hydrogen-bond acceptors (Lipinski definition) is 4. The zero-order valence-corrected chi connectivity index (χ0v) is 11.0. The van der Waals surface area contributed by atoms with Crippen molar-refractivity contribution in [1.29, 1.82) is 0 Å². The quantitative estimate of drug-likeness (QED) is 0.867. The SMILES string of the molecule is COc1ccc(C)cc1CNCc1ncn(C)n1. The van der Waals surface area contributed by atoms with E-state index in [1.54, 1.807) is 18.1 Å². The molecule has 0 bridgehead atoms. The van der Waals surface area contributed by atoms with Gasteiger partial charge in [-0.15, -0.1) is 0 Å². The number of benzene rings is 1. The Morgan fingerprint density at radius 3 is 2.83 bits per heavy atom. The molecule has 1 N–H and O–H groups in total. The van der Waals surface area contributed by atoms with Crippen molar-refractivity contribution < 1.29 is 4.74 Å². The zero-order valence-electron chi connectivity index (χ0n) is 11.0. The van der Waals surface area contributed by atoms with Gasteiger partial charge >= 0.3 is 0 Å². The van der Waals surface area contributed by atoms with Crippen molar-refractivity contribution in [3.05, 3.63) is 41.5 Å². The minimum absolute atomic E-state index is 0.651. The van der Waals surface area contributed by atoms with Gasteiger partial charge in [-0.1, -0.05) is 17.7 Å². The van der Waals surface area contributed by atoms with Gasteiger partial charge in [0.2, 0.25) is 0 Å². The molecule has 0 aliphatic rings. The van der Waals surface area contributed by atoms with Crippen molar-refractivity contribution in [2.45, 2.75) is 20.0 Å². The van der Waals surface area contributed by atoms with E-state index in [-0.39, 0.29) is 0 Å². The van der Waals surface area contributed by atoms with Crippen LogP contribution in [0.2, 0.25) is 0 Å². The van der Waals surface area contributed by atoms with Gasteiger partial charge in [0.15, 0.2) is 5.82 Å². The highest BCUT2D eigenvalue weighted by molar-refractivity contribution is 5.36. The largest absolute Gasteiger partial charge is 0.496 e. The number of ether oxygens (including phenoxy) is 1. The first-order valence-electron chi connectivity index (χ1n) is 5.88. The fourth-order valence-electron chi connectivity index (χ4n) is 1.82. The summed E-state index contributed by atoms with van der Waals surface area (Å²) in [4.78, 5) is 4.17. The molecule has 0 fully saturated rings. The van der Waals surface area contributed by atoms with Gasteiger partial charge in [0.25, 0.3) is 0 Å². The Morgan fingerprint density at radius 2 is 2.17 bits per heavy atom. The molecule has 0 aliphatic heterocycles. The summed E-state index contributed by atoms with van der Waals surface area (Å²) in [5, 5.41) is 7.53. The third-order valence-corrected chi connectivity index (χ3v) is 2.68. The molecule has 0 saturated heterocycles. The maximum Gasteiger partial charge on any atom is 0.164 e. The zero-order chi connectivity index (χ0) is 13.0. The minimum Gasteiger partial charge on any atom is -0.496 e. The van der Waals surface area contributed by atoms with E-state index >= 15 is 0 Å². The molecule has 0 unspecified atom stereocenters. The van der Waals surface area contributed by atoms with Crippen molar-refractivity contribution in [3.8, 4) is 5.75 Å². The maximum atomic E-state index is 5.33. The van der Waals surface area contributed by atoms with E-state index < -0.39 is 0 Å². The standard InChI is InChI=1S/C13H18N4O/c1-10-4-5-12(18-3)11(6-10)7-14-8-13-15-9-17(2)16-13/h4-6,9,14H,7-8H2,1-3H3. The van der Waals surface area contributed by atoms with Gasteiger partial charge in [0.05, 0.1) is 13.7 Å². The highest BCUT2D eigenvalue weighted by Gasteiger charge is 2.04. The molecule has 0 aliphatic carbocycles. The number of methoxy groups -OCH3 is 1. The van der Waals surface area contributed by atoms with Crippen LogP contribution < -0.4 is 10.1 Å². The van der Waals surface area contributed by atoms with Crippen LogP contribution in [0.15, 0.2) is 24.5 Å². The topological polar surface area (TPSA) is 52.0 Å². The van der Waals surface area contributed by atoms with E-state index in [1.807, 2.05) is 19.2 Å². The first-order chi connectivity index (χ1) is 8.69. The molecular weight excluding hydrogens is 228 g/mol. The van der Waals surface area contributed by atoms with Gasteiger partial charge < -0.3 is 10.1 Å². The molecule has 2 aromatic rings. The van der Waals surface area contributed by atoms with Crippen LogP contribution in [0, 0.1) is 6.92 Å². The molecule has 0 spiro atoms. The van der Waals surface area contributed by atoms with Crippen molar-refractivity contribution in [1.82, 2.24) is 20.1 Å². The van der Waals surface area contributed by atoms with Crippen LogP contribution in [-0.2, 0) is 20.1 Å². The predicted octanol–water partition coefficient (Wildman–Crippen LogP) is 1.42. The summed E-state index contributed by atoms with van der Waals surface area (Å²) >= 11 is 0. The number of aryl methyl sites for hydroxylation is 2. The normalized spacial score (nSPS) is 10.6. The summed E-state index contributed by atoms with van der Waals surface area (Å²) < 4.78 is 7.03. The van der Waals surface area contributed by atoms with Crippen LogP contribution in [0.3, 0.4) is 0 Å². The van der Waals surface area contributed by atoms with Crippen molar-refractivity contribution in [2.24, 2.45) is 7.05 Å². The van der Waals surface area contributed by atoms with Gasteiger partial charge in [-0.05, 0) is 13.0 Å². The van der Waals surface area contributed by atoms with Gasteiger partial charge in [-0.3, -0.25) is 4.68 Å². The van der Waals surface area contributed by atoms with Gasteiger partial charge in [-0.2, -0.15) is 5.10 Å². The van der Waals surface area contributed by atoms with Crippen molar-refractivity contribution >= 4 is 0 Å². The first-order valence-corrected chi connectivity index (χ1v) is 5.88. The fourth-order valence-corrected chi connectivity index (χ4v) is 1.82. The van der Waals surface area contributed by atoms with E-state index in [4.69, 9.17) is 4.74 Å². The third-order valence-electron chi connectivity index (χ3n) is 2.68. The van der Waals surface area contributed by atoms with Crippen LogP contribution in [-0.4, -0.2) is 21.9 Å². The summed E-state index contributed by atoms with van der Waals surface area (Å²) in [5.74, 6) is 1.70. The lowest BCUT2D eigenvalue weighted by molar-refractivity contribution is 0.407. The third kappa shape index (κ3) is 3.07. The number of aromatic nitrogens is 3. The molecule has 18 heavy (non-hydrogen) atoms. The molecule has 0 amide bonds. The molecule has 1 aromatic carbocycles. The molecule has 5 nitrogen and oxygen atoms in total. The average molecular weight is 246 g/mol. The molecule has 96 valence electrons. The van der Waals surface area contributed by atoms with Crippen molar-refractivity contribution in [3.63, 3.8) is 0 Å². The summed E-state index contributed by atoms with van der Waals surface area (Å²) in [7, 11) is 3.55. The Bertz CT molecular complexity index is 521. The molecule has 5 heteroatoms.